The van der Waals surface area contributed by atoms with E-state index < -0.39 is 5.91 Å². The zero-order valence-electron chi connectivity index (χ0n) is 19.2. The SMILES string of the molecule is CCOc1ccc(NC(=O)COc2c(-c3ccc(OC)cc3)oc3ccc(C)cc3c2=O)cc1. The first-order valence-electron chi connectivity index (χ1n) is 10.9. The molecule has 0 aliphatic rings. The molecule has 0 aliphatic carbocycles. The molecule has 7 heteroatoms. The van der Waals surface area contributed by atoms with Crippen LogP contribution in [0.5, 0.6) is 17.2 Å². The molecule has 0 radical (unpaired) electrons. The normalized spacial score (nSPS) is 10.7. The summed E-state index contributed by atoms with van der Waals surface area (Å²) >= 11 is 0. The van der Waals surface area contributed by atoms with E-state index in [0.29, 0.717) is 40.3 Å². The Morgan fingerprint density at radius 3 is 2.32 bits per heavy atom. The van der Waals surface area contributed by atoms with Gasteiger partial charge in [0.25, 0.3) is 5.91 Å². The lowest BCUT2D eigenvalue weighted by molar-refractivity contribution is -0.118. The maximum Gasteiger partial charge on any atom is 0.262 e. The van der Waals surface area contributed by atoms with Gasteiger partial charge in [0.1, 0.15) is 17.1 Å². The minimum Gasteiger partial charge on any atom is -0.497 e. The van der Waals surface area contributed by atoms with Crippen LogP contribution < -0.4 is 25.0 Å². The Hall–Kier alpha value is -4.26. The Morgan fingerprint density at radius 2 is 1.65 bits per heavy atom. The first kappa shape index (κ1) is 22.9. The Balaban J connectivity index is 1.62. The summed E-state index contributed by atoms with van der Waals surface area (Å²) in [4.78, 5) is 25.9. The largest absolute Gasteiger partial charge is 0.497 e. The fourth-order valence-corrected chi connectivity index (χ4v) is 3.49. The van der Waals surface area contributed by atoms with Gasteiger partial charge in [0, 0.05) is 11.3 Å². The van der Waals surface area contributed by atoms with Crippen LogP contribution in [0.2, 0.25) is 0 Å². The molecule has 0 aliphatic heterocycles. The van der Waals surface area contributed by atoms with Crippen LogP contribution in [0.1, 0.15) is 12.5 Å². The number of amides is 1. The third-order valence-corrected chi connectivity index (χ3v) is 5.15. The fraction of sp³-hybridized carbons (Fsp3) is 0.185. The molecule has 7 nitrogen and oxygen atoms in total. The summed E-state index contributed by atoms with van der Waals surface area (Å²) in [6.07, 6.45) is 0. The smallest absolute Gasteiger partial charge is 0.262 e. The van der Waals surface area contributed by atoms with Crippen molar-refractivity contribution in [3.05, 3.63) is 82.5 Å². The van der Waals surface area contributed by atoms with Gasteiger partial charge in [-0.2, -0.15) is 0 Å². The molecule has 0 spiro atoms. The van der Waals surface area contributed by atoms with Crippen molar-refractivity contribution in [1.29, 1.82) is 0 Å². The second kappa shape index (κ2) is 10.1. The number of fused-ring (bicyclic) bond motifs is 1. The second-order valence-corrected chi connectivity index (χ2v) is 7.61. The average molecular weight is 459 g/mol. The molecule has 0 saturated heterocycles. The van der Waals surface area contributed by atoms with E-state index in [0.717, 1.165) is 5.56 Å². The molecule has 1 N–H and O–H groups in total. The maximum absolute atomic E-state index is 13.3. The molecule has 34 heavy (non-hydrogen) atoms. The lowest BCUT2D eigenvalue weighted by atomic mass is 10.1. The molecular weight excluding hydrogens is 434 g/mol. The van der Waals surface area contributed by atoms with Crippen molar-refractivity contribution >= 4 is 22.6 Å². The van der Waals surface area contributed by atoms with E-state index in [1.165, 1.54) is 0 Å². The first-order chi connectivity index (χ1) is 16.5. The van der Waals surface area contributed by atoms with Crippen molar-refractivity contribution in [2.45, 2.75) is 13.8 Å². The van der Waals surface area contributed by atoms with E-state index in [2.05, 4.69) is 5.32 Å². The molecule has 0 fully saturated rings. The van der Waals surface area contributed by atoms with Crippen LogP contribution in [0.3, 0.4) is 0 Å². The summed E-state index contributed by atoms with van der Waals surface area (Å²) in [6, 6.07) is 19.4. The summed E-state index contributed by atoms with van der Waals surface area (Å²) in [5.74, 6) is 1.20. The first-order valence-corrected chi connectivity index (χ1v) is 10.9. The van der Waals surface area contributed by atoms with Gasteiger partial charge in [0.05, 0.1) is 19.1 Å². The van der Waals surface area contributed by atoms with Gasteiger partial charge in [0.15, 0.2) is 12.4 Å². The lowest BCUT2D eigenvalue weighted by Gasteiger charge is -2.13. The molecule has 3 aromatic carbocycles. The predicted molar refractivity (Wildman–Crippen MR) is 131 cm³/mol. The van der Waals surface area contributed by atoms with Crippen molar-refractivity contribution in [1.82, 2.24) is 0 Å². The zero-order valence-corrected chi connectivity index (χ0v) is 19.2. The van der Waals surface area contributed by atoms with E-state index in [-0.39, 0.29) is 23.5 Å². The fourth-order valence-electron chi connectivity index (χ4n) is 3.49. The standard InChI is InChI=1S/C27H25NO6/c1-4-32-21-12-8-19(9-13-21)28-24(29)16-33-27-25(30)22-15-17(2)5-14-23(22)34-26(27)18-6-10-20(31-3)11-7-18/h5-15H,4,16H2,1-3H3,(H,28,29). The zero-order chi connectivity index (χ0) is 24.1. The average Bonchev–Trinajstić information content (AvgIpc) is 2.85. The number of carbonyl (C=O) groups is 1. The van der Waals surface area contributed by atoms with Crippen molar-refractivity contribution in [2.24, 2.45) is 0 Å². The van der Waals surface area contributed by atoms with Crippen LogP contribution in [0.15, 0.2) is 75.9 Å². The highest BCUT2D eigenvalue weighted by atomic mass is 16.5. The summed E-state index contributed by atoms with van der Waals surface area (Å²) in [5, 5.41) is 3.14. The van der Waals surface area contributed by atoms with E-state index in [9.17, 15) is 9.59 Å². The Morgan fingerprint density at radius 1 is 0.941 bits per heavy atom. The highest BCUT2D eigenvalue weighted by Gasteiger charge is 2.19. The minimum atomic E-state index is -0.409. The highest BCUT2D eigenvalue weighted by molar-refractivity contribution is 5.92. The number of hydrogen-bond acceptors (Lipinski definition) is 6. The quantitative estimate of drug-likeness (QED) is 0.390. The number of benzene rings is 3. The third kappa shape index (κ3) is 5.04. The Kier molecular flexibility index (Phi) is 6.82. The maximum atomic E-state index is 13.3. The van der Waals surface area contributed by atoms with Gasteiger partial charge in [-0.3, -0.25) is 9.59 Å². The van der Waals surface area contributed by atoms with Gasteiger partial charge in [-0.25, -0.2) is 0 Å². The molecule has 0 bridgehead atoms. The Labute approximate surface area is 196 Å². The van der Waals surface area contributed by atoms with Gasteiger partial charge in [0.2, 0.25) is 11.2 Å². The molecule has 1 aromatic heterocycles. The molecule has 4 aromatic rings. The van der Waals surface area contributed by atoms with Crippen molar-refractivity contribution in [3.63, 3.8) is 0 Å². The molecule has 4 rings (SSSR count). The van der Waals surface area contributed by atoms with Gasteiger partial charge in [-0.15, -0.1) is 0 Å². The summed E-state index contributed by atoms with van der Waals surface area (Å²) in [6.45, 7) is 3.99. The summed E-state index contributed by atoms with van der Waals surface area (Å²) in [7, 11) is 1.57. The Bertz CT molecular complexity index is 1360. The number of methoxy groups -OCH3 is 1. The summed E-state index contributed by atoms with van der Waals surface area (Å²) < 4.78 is 22.4. The third-order valence-electron chi connectivity index (χ3n) is 5.15. The number of carbonyl (C=O) groups excluding carboxylic acids is 1. The number of rotatable bonds is 8. The van der Waals surface area contributed by atoms with Crippen LogP contribution in [-0.2, 0) is 4.79 Å². The molecule has 0 saturated carbocycles. The van der Waals surface area contributed by atoms with Gasteiger partial charge in [-0.1, -0.05) is 11.6 Å². The molecule has 0 atom stereocenters. The van der Waals surface area contributed by atoms with Crippen LogP contribution in [-0.4, -0.2) is 26.2 Å². The molecule has 1 amide bonds. The van der Waals surface area contributed by atoms with Crippen molar-refractivity contribution in [3.8, 4) is 28.6 Å². The van der Waals surface area contributed by atoms with Gasteiger partial charge >= 0.3 is 0 Å². The molecule has 1 heterocycles. The van der Waals surface area contributed by atoms with E-state index in [1.807, 2.05) is 19.9 Å². The van der Waals surface area contributed by atoms with Crippen LogP contribution in [0, 0.1) is 6.92 Å². The van der Waals surface area contributed by atoms with E-state index >= 15 is 0 Å². The number of anilines is 1. The van der Waals surface area contributed by atoms with Crippen molar-refractivity contribution < 1.29 is 23.4 Å². The molecule has 0 unspecified atom stereocenters. The second-order valence-electron chi connectivity index (χ2n) is 7.61. The number of ether oxygens (including phenoxy) is 3. The number of aryl methyl sites for hydroxylation is 1. The van der Waals surface area contributed by atoms with Gasteiger partial charge < -0.3 is 23.9 Å². The number of hydrogen-bond donors (Lipinski definition) is 1. The molecular formula is C27H25NO6. The minimum absolute atomic E-state index is 0.0230. The monoisotopic (exact) mass is 459 g/mol. The van der Waals surface area contributed by atoms with Gasteiger partial charge in [-0.05, 0) is 74.5 Å². The number of nitrogens with one attached hydrogen (secondary N) is 1. The highest BCUT2D eigenvalue weighted by Crippen LogP contribution is 2.32. The van der Waals surface area contributed by atoms with Crippen LogP contribution >= 0.6 is 0 Å². The molecule has 174 valence electrons. The lowest BCUT2D eigenvalue weighted by Crippen LogP contribution is -2.22. The van der Waals surface area contributed by atoms with Crippen LogP contribution in [0.4, 0.5) is 5.69 Å². The van der Waals surface area contributed by atoms with E-state index in [1.54, 1.807) is 67.8 Å². The summed E-state index contributed by atoms with van der Waals surface area (Å²) in [5.41, 5.74) is 2.23. The van der Waals surface area contributed by atoms with Crippen molar-refractivity contribution in [2.75, 3.05) is 25.6 Å². The predicted octanol–water partition coefficient (Wildman–Crippen LogP) is 5.19. The topological polar surface area (TPSA) is 87.0 Å². The van der Waals surface area contributed by atoms with Crippen LogP contribution in [0.25, 0.3) is 22.3 Å². The van der Waals surface area contributed by atoms with E-state index in [4.69, 9.17) is 18.6 Å².